The van der Waals surface area contributed by atoms with Gasteiger partial charge in [-0.25, -0.2) is 4.39 Å². The Morgan fingerprint density at radius 3 is 2.79 bits per heavy atom. The maximum absolute atomic E-state index is 13.8. The molecule has 1 rings (SSSR count). The van der Waals surface area contributed by atoms with E-state index in [4.69, 9.17) is 4.74 Å². The Kier molecular flexibility index (Phi) is 6.50. The second kappa shape index (κ2) is 7.89. The number of nitrogens with one attached hydrogen (secondary N) is 1. The van der Waals surface area contributed by atoms with Crippen molar-refractivity contribution in [3.63, 3.8) is 0 Å². The van der Waals surface area contributed by atoms with Crippen LogP contribution in [0.2, 0.25) is 0 Å². The predicted octanol–water partition coefficient (Wildman–Crippen LogP) is 2.72. The molecule has 1 aromatic rings. The van der Waals surface area contributed by atoms with Gasteiger partial charge < -0.3 is 10.1 Å². The van der Waals surface area contributed by atoms with Crippen LogP contribution in [0, 0.1) is 5.82 Å². The molecule has 1 N–H and O–H groups in total. The molecular weight excluding hydrogens is 245 g/mol. The summed E-state index contributed by atoms with van der Waals surface area (Å²) >= 11 is 0. The molecule has 0 aliphatic carbocycles. The number of hydrogen-bond acceptors (Lipinski definition) is 3. The molecule has 1 aromatic carbocycles. The molecule has 0 unspecified atom stereocenters. The van der Waals surface area contributed by atoms with E-state index in [0.717, 1.165) is 13.0 Å². The van der Waals surface area contributed by atoms with E-state index in [1.165, 1.54) is 7.11 Å². The van der Waals surface area contributed by atoms with Gasteiger partial charge in [0.25, 0.3) is 0 Å². The van der Waals surface area contributed by atoms with Crippen molar-refractivity contribution in [2.45, 2.75) is 39.2 Å². The van der Waals surface area contributed by atoms with Crippen LogP contribution in [0.1, 0.15) is 32.3 Å². The highest BCUT2D eigenvalue weighted by molar-refractivity contribution is 5.81. The van der Waals surface area contributed by atoms with Gasteiger partial charge in [0.2, 0.25) is 0 Å². The third kappa shape index (κ3) is 5.39. The van der Waals surface area contributed by atoms with Crippen molar-refractivity contribution in [2.24, 2.45) is 0 Å². The molecule has 106 valence electrons. The van der Waals surface area contributed by atoms with Gasteiger partial charge in [-0.3, -0.25) is 4.79 Å². The molecule has 0 amide bonds. The Labute approximate surface area is 114 Å². The Morgan fingerprint density at radius 1 is 1.42 bits per heavy atom. The molecule has 0 saturated carbocycles. The second-order valence-corrected chi connectivity index (χ2v) is 4.86. The largest absolute Gasteiger partial charge is 0.494 e. The average Bonchev–Trinajstić information content (AvgIpc) is 2.37. The van der Waals surface area contributed by atoms with Crippen molar-refractivity contribution < 1.29 is 13.9 Å². The minimum absolute atomic E-state index is 0.0534. The first-order valence-corrected chi connectivity index (χ1v) is 6.61. The zero-order chi connectivity index (χ0) is 14.3. The standard InChI is InChI=1S/C15H22FNO2/c1-11(2)17-9-5-7-13(18)10-12-6-4-8-14(19-3)15(12)16/h4,6,8,11,17H,5,7,9-10H2,1-3H3. The summed E-state index contributed by atoms with van der Waals surface area (Å²) in [7, 11) is 1.42. The molecule has 0 bridgehead atoms. The Morgan fingerprint density at radius 2 is 2.16 bits per heavy atom. The van der Waals surface area contributed by atoms with Crippen molar-refractivity contribution in [1.29, 1.82) is 0 Å². The molecule has 0 aromatic heterocycles. The van der Waals surface area contributed by atoms with Gasteiger partial charge in [-0.05, 0) is 24.6 Å². The first kappa shape index (κ1) is 15.6. The van der Waals surface area contributed by atoms with Gasteiger partial charge in [-0.2, -0.15) is 0 Å². The number of ketones is 1. The number of rotatable bonds is 8. The van der Waals surface area contributed by atoms with Gasteiger partial charge >= 0.3 is 0 Å². The van der Waals surface area contributed by atoms with Crippen LogP contribution < -0.4 is 10.1 Å². The lowest BCUT2D eigenvalue weighted by molar-refractivity contribution is -0.118. The summed E-state index contributed by atoms with van der Waals surface area (Å²) in [6.45, 7) is 4.94. The van der Waals surface area contributed by atoms with Crippen LogP contribution in [-0.2, 0) is 11.2 Å². The van der Waals surface area contributed by atoms with Crippen molar-refractivity contribution >= 4 is 5.78 Å². The highest BCUT2D eigenvalue weighted by Crippen LogP contribution is 2.20. The summed E-state index contributed by atoms with van der Waals surface area (Å²) in [4.78, 5) is 11.8. The van der Waals surface area contributed by atoms with Crippen molar-refractivity contribution in [3.05, 3.63) is 29.6 Å². The number of carbonyl (C=O) groups is 1. The summed E-state index contributed by atoms with van der Waals surface area (Å²) in [5.41, 5.74) is 0.404. The highest BCUT2D eigenvalue weighted by atomic mass is 19.1. The maximum Gasteiger partial charge on any atom is 0.168 e. The number of Topliss-reactive ketones (excluding diaryl/α,β-unsaturated/α-hetero) is 1. The maximum atomic E-state index is 13.8. The molecule has 0 radical (unpaired) electrons. The van der Waals surface area contributed by atoms with E-state index in [2.05, 4.69) is 19.2 Å². The molecule has 4 heteroatoms. The zero-order valence-corrected chi connectivity index (χ0v) is 11.8. The van der Waals surface area contributed by atoms with E-state index < -0.39 is 5.82 Å². The fourth-order valence-electron chi connectivity index (χ4n) is 1.83. The monoisotopic (exact) mass is 267 g/mol. The molecule has 0 aliphatic heterocycles. The third-order valence-electron chi connectivity index (χ3n) is 2.84. The number of halogens is 1. The molecule has 3 nitrogen and oxygen atoms in total. The topological polar surface area (TPSA) is 38.3 Å². The Hall–Kier alpha value is -1.42. The highest BCUT2D eigenvalue weighted by Gasteiger charge is 2.11. The SMILES string of the molecule is COc1cccc(CC(=O)CCCNC(C)C)c1F. The lowest BCUT2D eigenvalue weighted by atomic mass is 10.0. The first-order valence-electron chi connectivity index (χ1n) is 6.61. The number of hydrogen-bond donors (Lipinski definition) is 1. The zero-order valence-electron chi connectivity index (χ0n) is 11.8. The normalized spacial score (nSPS) is 10.8. The minimum Gasteiger partial charge on any atom is -0.494 e. The molecule has 0 aliphatic rings. The van der Waals surface area contributed by atoms with Crippen LogP contribution >= 0.6 is 0 Å². The quantitative estimate of drug-likeness (QED) is 0.736. The molecule has 19 heavy (non-hydrogen) atoms. The third-order valence-corrected chi connectivity index (χ3v) is 2.84. The smallest absolute Gasteiger partial charge is 0.168 e. The summed E-state index contributed by atoms with van der Waals surface area (Å²) in [6.07, 6.45) is 1.38. The van der Waals surface area contributed by atoms with Crippen molar-refractivity contribution in [2.75, 3.05) is 13.7 Å². The van der Waals surface area contributed by atoms with Crippen molar-refractivity contribution in [1.82, 2.24) is 5.32 Å². The van der Waals surface area contributed by atoms with Gasteiger partial charge in [-0.1, -0.05) is 26.0 Å². The van der Waals surface area contributed by atoms with E-state index >= 15 is 0 Å². The predicted molar refractivity (Wildman–Crippen MR) is 74.0 cm³/mol. The van der Waals surface area contributed by atoms with E-state index in [-0.39, 0.29) is 18.0 Å². The molecule has 0 atom stereocenters. The van der Waals surface area contributed by atoms with Gasteiger partial charge in [0, 0.05) is 18.9 Å². The van der Waals surface area contributed by atoms with Gasteiger partial charge in [0.1, 0.15) is 5.78 Å². The summed E-state index contributed by atoms with van der Waals surface area (Å²) in [6, 6.07) is 5.30. The van der Waals surface area contributed by atoms with E-state index in [1.807, 2.05) is 0 Å². The Balaban J connectivity index is 2.44. The molecule has 0 fully saturated rings. The summed E-state index contributed by atoms with van der Waals surface area (Å²) in [5.74, 6) is -0.192. The van der Waals surface area contributed by atoms with E-state index in [1.54, 1.807) is 18.2 Å². The molecule has 0 spiro atoms. The van der Waals surface area contributed by atoms with Crippen molar-refractivity contribution in [3.8, 4) is 5.75 Å². The minimum atomic E-state index is -0.432. The lowest BCUT2D eigenvalue weighted by Gasteiger charge is -2.08. The van der Waals surface area contributed by atoms with Crippen LogP contribution in [0.15, 0.2) is 18.2 Å². The van der Waals surface area contributed by atoms with Gasteiger partial charge in [-0.15, -0.1) is 0 Å². The lowest BCUT2D eigenvalue weighted by Crippen LogP contribution is -2.24. The molecule has 0 heterocycles. The van der Waals surface area contributed by atoms with E-state index in [0.29, 0.717) is 18.0 Å². The second-order valence-electron chi connectivity index (χ2n) is 4.86. The van der Waals surface area contributed by atoms with Gasteiger partial charge in [0.05, 0.1) is 7.11 Å². The van der Waals surface area contributed by atoms with Crippen LogP contribution in [0.3, 0.4) is 0 Å². The van der Waals surface area contributed by atoms with Gasteiger partial charge in [0.15, 0.2) is 11.6 Å². The van der Waals surface area contributed by atoms with Crippen LogP contribution in [-0.4, -0.2) is 25.5 Å². The van der Waals surface area contributed by atoms with Crippen LogP contribution in [0.5, 0.6) is 5.75 Å². The number of benzene rings is 1. The van der Waals surface area contributed by atoms with Crippen LogP contribution in [0.4, 0.5) is 4.39 Å². The summed E-state index contributed by atoms with van der Waals surface area (Å²) < 4.78 is 18.7. The Bertz CT molecular complexity index is 419. The number of methoxy groups -OCH3 is 1. The van der Waals surface area contributed by atoms with Crippen LogP contribution in [0.25, 0.3) is 0 Å². The molecule has 0 saturated heterocycles. The summed E-state index contributed by atoms with van der Waals surface area (Å²) in [5, 5.41) is 3.25. The fourth-order valence-corrected chi connectivity index (χ4v) is 1.83. The number of ether oxygens (including phenoxy) is 1. The average molecular weight is 267 g/mol. The number of carbonyl (C=O) groups excluding carboxylic acids is 1. The first-order chi connectivity index (χ1) is 9.04. The molecular formula is C15H22FNO2. The van der Waals surface area contributed by atoms with E-state index in [9.17, 15) is 9.18 Å². The fraction of sp³-hybridized carbons (Fsp3) is 0.533.